The highest BCUT2D eigenvalue weighted by atomic mass is 15.2. The summed E-state index contributed by atoms with van der Waals surface area (Å²) in [4.78, 5) is 2.69. The Morgan fingerprint density at radius 2 is 1.94 bits per heavy atom. The zero-order chi connectivity index (χ0) is 12.3. The van der Waals surface area contributed by atoms with Crippen molar-refractivity contribution in [2.75, 3.05) is 19.6 Å². The summed E-state index contributed by atoms with van der Waals surface area (Å²) in [5.74, 6) is 0.771. The zero-order valence-corrected chi connectivity index (χ0v) is 12.0. The van der Waals surface area contributed by atoms with Gasteiger partial charge >= 0.3 is 0 Å². The lowest BCUT2D eigenvalue weighted by Gasteiger charge is -2.45. The van der Waals surface area contributed by atoms with Gasteiger partial charge in [-0.15, -0.1) is 0 Å². The van der Waals surface area contributed by atoms with Crippen molar-refractivity contribution in [2.45, 2.75) is 60.0 Å². The first kappa shape index (κ1) is 14.0. The maximum atomic E-state index is 3.72. The monoisotopic (exact) mass is 226 g/mol. The first-order valence-electron chi connectivity index (χ1n) is 6.82. The molecule has 0 aromatic rings. The Balaban J connectivity index is 2.61. The van der Waals surface area contributed by atoms with Crippen LogP contribution in [0.2, 0.25) is 0 Å². The Morgan fingerprint density at radius 3 is 2.38 bits per heavy atom. The molecule has 96 valence electrons. The van der Waals surface area contributed by atoms with Gasteiger partial charge in [0.05, 0.1) is 0 Å². The summed E-state index contributed by atoms with van der Waals surface area (Å²) in [7, 11) is 0. The van der Waals surface area contributed by atoms with Gasteiger partial charge in [-0.05, 0) is 17.8 Å². The molecule has 2 nitrogen and oxygen atoms in total. The molecule has 0 aliphatic carbocycles. The van der Waals surface area contributed by atoms with E-state index >= 15 is 0 Å². The molecular weight excluding hydrogens is 196 g/mol. The maximum absolute atomic E-state index is 3.72. The Kier molecular flexibility index (Phi) is 4.81. The van der Waals surface area contributed by atoms with Gasteiger partial charge in [-0.1, -0.05) is 41.5 Å². The topological polar surface area (TPSA) is 15.3 Å². The molecule has 1 rings (SSSR count). The van der Waals surface area contributed by atoms with Crippen LogP contribution in [0.1, 0.15) is 48.0 Å². The van der Waals surface area contributed by atoms with Crippen LogP contribution in [0, 0.1) is 11.3 Å². The molecule has 1 aliphatic heterocycles. The van der Waals surface area contributed by atoms with Crippen LogP contribution in [0.3, 0.4) is 0 Å². The summed E-state index contributed by atoms with van der Waals surface area (Å²) in [6.45, 7) is 17.6. The number of hydrogen-bond acceptors (Lipinski definition) is 2. The van der Waals surface area contributed by atoms with Crippen molar-refractivity contribution < 1.29 is 0 Å². The third-order valence-corrected chi connectivity index (χ3v) is 3.65. The quantitative estimate of drug-likeness (QED) is 0.796. The lowest BCUT2D eigenvalue weighted by Crippen LogP contribution is -2.60. The normalized spacial score (nSPS) is 28.7. The van der Waals surface area contributed by atoms with Crippen molar-refractivity contribution in [1.82, 2.24) is 10.2 Å². The standard InChI is InChI=1S/C14H30N2/c1-7-12-8-15-13(14(4,5)6)10-16(12)9-11(2)3/h11-13,15H,7-10H2,1-6H3. The minimum atomic E-state index is 0.369. The van der Waals surface area contributed by atoms with E-state index in [9.17, 15) is 0 Å². The van der Waals surface area contributed by atoms with E-state index in [-0.39, 0.29) is 0 Å². The summed E-state index contributed by atoms with van der Waals surface area (Å²) in [6.07, 6.45) is 1.26. The van der Waals surface area contributed by atoms with Crippen LogP contribution in [-0.2, 0) is 0 Å². The van der Waals surface area contributed by atoms with Gasteiger partial charge < -0.3 is 5.32 Å². The molecule has 1 heterocycles. The summed E-state index contributed by atoms with van der Waals surface area (Å²) < 4.78 is 0. The molecule has 16 heavy (non-hydrogen) atoms. The molecule has 1 saturated heterocycles. The van der Waals surface area contributed by atoms with Crippen molar-refractivity contribution in [1.29, 1.82) is 0 Å². The van der Waals surface area contributed by atoms with E-state index in [1.165, 1.54) is 19.5 Å². The molecule has 0 spiro atoms. The van der Waals surface area contributed by atoms with Gasteiger partial charge in [0.25, 0.3) is 0 Å². The second-order valence-corrected chi connectivity index (χ2v) is 6.74. The van der Waals surface area contributed by atoms with Crippen molar-refractivity contribution in [3.63, 3.8) is 0 Å². The van der Waals surface area contributed by atoms with E-state index in [4.69, 9.17) is 0 Å². The fourth-order valence-corrected chi connectivity index (χ4v) is 2.53. The van der Waals surface area contributed by atoms with E-state index in [0.29, 0.717) is 11.5 Å². The molecule has 1 fully saturated rings. The lowest BCUT2D eigenvalue weighted by molar-refractivity contribution is 0.0740. The average molecular weight is 226 g/mol. The molecule has 1 aliphatic rings. The van der Waals surface area contributed by atoms with Crippen LogP contribution in [0.15, 0.2) is 0 Å². The predicted molar refractivity (Wildman–Crippen MR) is 71.7 cm³/mol. The fourth-order valence-electron chi connectivity index (χ4n) is 2.53. The van der Waals surface area contributed by atoms with E-state index in [1.807, 2.05) is 0 Å². The maximum Gasteiger partial charge on any atom is 0.0244 e. The number of rotatable bonds is 3. The zero-order valence-electron chi connectivity index (χ0n) is 12.0. The Hall–Kier alpha value is -0.0800. The summed E-state index contributed by atoms with van der Waals surface area (Å²) in [6, 6.07) is 1.37. The minimum Gasteiger partial charge on any atom is -0.311 e. The van der Waals surface area contributed by atoms with Gasteiger partial charge in [-0.3, -0.25) is 4.90 Å². The Labute approximate surface area is 102 Å². The summed E-state index contributed by atoms with van der Waals surface area (Å²) in [5, 5.41) is 3.72. The van der Waals surface area contributed by atoms with Gasteiger partial charge in [-0.2, -0.15) is 0 Å². The van der Waals surface area contributed by atoms with E-state index < -0.39 is 0 Å². The number of nitrogens with zero attached hydrogens (tertiary/aromatic N) is 1. The molecule has 0 radical (unpaired) electrons. The molecule has 0 saturated carbocycles. The van der Waals surface area contributed by atoms with Crippen LogP contribution in [-0.4, -0.2) is 36.6 Å². The highest BCUT2D eigenvalue weighted by Crippen LogP contribution is 2.24. The summed E-state index contributed by atoms with van der Waals surface area (Å²) in [5.41, 5.74) is 0.369. The van der Waals surface area contributed by atoms with Gasteiger partial charge in [-0.25, -0.2) is 0 Å². The van der Waals surface area contributed by atoms with E-state index in [0.717, 1.165) is 18.5 Å². The molecular formula is C14H30N2. The van der Waals surface area contributed by atoms with Gasteiger partial charge in [0, 0.05) is 31.7 Å². The first-order valence-corrected chi connectivity index (χ1v) is 6.82. The lowest BCUT2D eigenvalue weighted by atomic mass is 9.84. The van der Waals surface area contributed by atoms with E-state index in [2.05, 4.69) is 51.8 Å². The van der Waals surface area contributed by atoms with Gasteiger partial charge in [0.15, 0.2) is 0 Å². The van der Waals surface area contributed by atoms with Crippen LogP contribution in [0.5, 0.6) is 0 Å². The third kappa shape index (κ3) is 3.74. The SMILES string of the molecule is CCC1CNC(C(C)(C)C)CN1CC(C)C. The van der Waals surface area contributed by atoms with Crippen molar-refractivity contribution in [3.8, 4) is 0 Å². The van der Waals surface area contributed by atoms with Crippen LogP contribution in [0.25, 0.3) is 0 Å². The molecule has 0 aromatic carbocycles. The molecule has 1 N–H and O–H groups in total. The highest BCUT2D eigenvalue weighted by molar-refractivity contribution is 4.91. The Morgan fingerprint density at radius 1 is 1.31 bits per heavy atom. The molecule has 0 amide bonds. The van der Waals surface area contributed by atoms with Crippen LogP contribution >= 0.6 is 0 Å². The average Bonchev–Trinajstić information content (AvgIpc) is 2.15. The van der Waals surface area contributed by atoms with Crippen LogP contribution < -0.4 is 5.32 Å². The largest absolute Gasteiger partial charge is 0.311 e. The number of hydrogen-bond donors (Lipinski definition) is 1. The number of nitrogens with one attached hydrogen (secondary N) is 1. The van der Waals surface area contributed by atoms with Gasteiger partial charge in [0.1, 0.15) is 0 Å². The van der Waals surface area contributed by atoms with Crippen molar-refractivity contribution in [2.24, 2.45) is 11.3 Å². The molecule has 0 bridgehead atoms. The third-order valence-electron chi connectivity index (χ3n) is 3.65. The summed E-state index contributed by atoms with van der Waals surface area (Å²) >= 11 is 0. The van der Waals surface area contributed by atoms with Crippen molar-refractivity contribution >= 4 is 0 Å². The molecule has 2 unspecified atom stereocenters. The van der Waals surface area contributed by atoms with E-state index in [1.54, 1.807) is 0 Å². The predicted octanol–water partition coefficient (Wildman–Crippen LogP) is 2.74. The molecule has 2 atom stereocenters. The van der Waals surface area contributed by atoms with Crippen LogP contribution in [0.4, 0.5) is 0 Å². The molecule has 2 heteroatoms. The second kappa shape index (κ2) is 5.50. The first-order chi connectivity index (χ1) is 7.34. The number of piperazine rings is 1. The smallest absolute Gasteiger partial charge is 0.0244 e. The fraction of sp³-hybridized carbons (Fsp3) is 1.00. The second-order valence-electron chi connectivity index (χ2n) is 6.74. The Bertz CT molecular complexity index is 205. The van der Waals surface area contributed by atoms with Gasteiger partial charge in [0.2, 0.25) is 0 Å². The highest BCUT2D eigenvalue weighted by Gasteiger charge is 2.33. The molecule has 0 aromatic heterocycles. The van der Waals surface area contributed by atoms with Crippen molar-refractivity contribution in [3.05, 3.63) is 0 Å². The minimum absolute atomic E-state index is 0.369.